The second kappa shape index (κ2) is 6.87. The van der Waals surface area contributed by atoms with Gasteiger partial charge < -0.3 is 10.6 Å². The molecule has 0 radical (unpaired) electrons. The van der Waals surface area contributed by atoms with Crippen LogP contribution in [0.25, 0.3) is 0 Å². The zero-order valence-electron chi connectivity index (χ0n) is 15.9. The Morgan fingerprint density at radius 3 is 2.30 bits per heavy atom. The number of benzene rings is 2. The molecule has 1 aliphatic rings. The topological polar surface area (TPSA) is 78.5 Å². The molecule has 27 heavy (non-hydrogen) atoms. The van der Waals surface area contributed by atoms with Gasteiger partial charge in [0, 0.05) is 16.9 Å². The highest BCUT2D eigenvalue weighted by Crippen LogP contribution is 2.31. The Kier molecular flexibility index (Phi) is 4.74. The van der Waals surface area contributed by atoms with Gasteiger partial charge in [-0.15, -0.1) is 0 Å². The van der Waals surface area contributed by atoms with Gasteiger partial charge in [-0.05, 0) is 57.0 Å². The number of anilines is 2. The van der Waals surface area contributed by atoms with Crippen LogP contribution in [0.2, 0.25) is 0 Å². The summed E-state index contributed by atoms with van der Waals surface area (Å²) in [5.41, 5.74) is 2.28. The molecule has 2 aromatic carbocycles. The molecule has 6 nitrogen and oxygen atoms in total. The molecule has 0 aromatic heterocycles. The lowest BCUT2D eigenvalue weighted by atomic mass is 10.1. The van der Waals surface area contributed by atoms with Crippen molar-refractivity contribution in [3.05, 3.63) is 59.2 Å². The number of amides is 4. The van der Waals surface area contributed by atoms with E-state index in [1.807, 2.05) is 52.0 Å². The van der Waals surface area contributed by atoms with Crippen molar-refractivity contribution in [1.82, 2.24) is 4.90 Å². The fourth-order valence-corrected chi connectivity index (χ4v) is 3.16. The molecule has 0 saturated heterocycles. The maximum atomic E-state index is 12.6. The van der Waals surface area contributed by atoms with Crippen molar-refractivity contribution in [2.75, 3.05) is 10.6 Å². The van der Waals surface area contributed by atoms with Gasteiger partial charge >= 0.3 is 6.03 Å². The van der Waals surface area contributed by atoms with Crippen LogP contribution in [0.3, 0.4) is 0 Å². The zero-order valence-corrected chi connectivity index (χ0v) is 15.9. The van der Waals surface area contributed by atoms with E-state index in [0.717, 1.165) is 17.7 Å². The number of rotatable bonds is 3. The van der Waals surface area contributed by atoms with E-state index in [0.29, 0.717) is 16.8 Å². The van der Waals surface area contributed by atoms with E-state index >= 15 is 0 Å². The third-order valence-corrected chi connectivity index (χ3v) is 4.46. The minimum atomic E-state index is -0.609. The highest BCUT2D eigenvalue weighted by atomic mass is 16.2. The predicted molar refractivity (Wildman–Crippen MR) is 105 cm³/mol. The Hall–Kier alpha value is -3.15. The van der Waals surface area contributed by atoms with E-state index in [-0.39, 0.29) is 11.8 Å². The first-order valence-electron chi connectivity index (χ1n) is 8.91. The number of imide groups is 1. The van der Waals surface area contributed by atoms with Crippen molar-refractivity contribution in [1.29, 1.82) is 0 Å². The largest absolute Gasteiger partial charge is 0.323 e. The Bertz CT molecular complexity index is 929. The molecule has 3 rings (SSSR count). The third kappa shape index (κ3) is 3.56. The van der Waals surface area contributed by atoms with E-state index in [2.05, 4.69) is 10.6 Å². The first-order chi connectivity index (χ1) is 12.7. The maximum Gasteiger partial charge on any atom is 0.323 e. The first-order valence-corrected chi connectivity index (χ1v) is 8.91. The highest BCUT2D eigenvalue weighted by molar-refractivity contribution is 6.22. The summed E-state index contributed by atoms with van der Waals surface area (Å²) in [6.07, 6.45) is 0.800. The van der Waals surface area contributed by atoms with Crippen LogP contribution >= 0.6 is 0 Å². The molecule has 0 fully saturated rings. The minimum Gasteiger partial charge on any atom is -0.308 e. The molecule has 2 N–H and O–H groups in total. The van der Waals surface area contributed by atoms with Crippen LogP contribution in [0.4, 0.5) is 16.2 Å². The molecule has 0 saturated carbocycles. The van der Waals surface area contributed by atoms with Crippen LogP contribution < -0.4 is 10.6 Å². The van der Waals surface area contributed by atoms with E-state index in [1.165, 1.54) is 4.90 Å². The summed E-state index contributed by atoms with van der Waals surface area (Å²) >= 11 is 0. The van der Waals surface area contributed by atoms with Crippen molar-refractivity contribution in [2.45, 2.75) is 39.7 Å². The van der Waals surface area contributed by atoms with Gasteiger partial charge in [0.25, 0.3) is 11.8 Å². The second-order valence-corrected chi connectivity index (χ2v) is 7.47. The number of nitrogens with one attached hydrogen (secondary N) is 2. The van der Waals surface area contributed by atoms with Gasteiger partial charge in [0.2, 0.25) is 0 Å². The Balaban J connectivity index is 1.79. The number of hydrogen-bond donors (Lipinski definition) is 2. The summed E-state index contributed by atoms with van der Waals surface area (Å²) in [5.74, 6) is -0.654. The number of hydrogen-bond acceptors (Lipinski definition) is 3. The monoisotopic (exact) mass is 365 g/mol. The molecule has 0 aliphatic carbocycles. The average Bonchev–Trinajstić information content (AvgIpc) is 2.85. The molecule has 140 valence electrons. The molecular formula is C21H23N3O3. The minimum absolute atomic E-state index is 0.307. The van der Waals surface area contributed by atoms with Crippen molar-refractivity contribution in [2.24, 2.45) is 0 Å². The number of para-hydroxylation sites is 1. The molecule has 0 atom stereocenters. The third-order valence-electron chi connectivity index (χ3n) is 4.46. The van der Waals surface area contributed by atoms with Crippen molar-refractivity contribution < 1.29 is 14.4 Å². The van der Waals surface area contributed by atoms with E-state index < -0.39 is 11.6 Å². The number of carbonyl (C=O) groups is 3. The standard InChI is InChI=1S/C21H23N3O3/c1-5-13-8-6-7-9-17(13)23-20(27)22-14-10-11-15-16(12-14)19(26)24(18(15)25)21(2,3)4/h6-12H,5H2,1-4H3,(H2,22,23,27). The number of aryl methyl sites for hydroxylation is 1. The Morgan fingerprint density at radius 2 is 1.63 bits per heavy atom. The Labute approximate surface area is 158 Å². The molecule has 0 bridgehead atoms. The van der Waals surface area contributed by atoms with Gasteiger partial charge in [-0.3, -0.25) is 14.5 Å². The van der Waals surface area contributed by atoms with Crippen LogP contribution in [0.15, 0.2) is 42.5 Å². The average molecular weight is 365 g/mol. The van der Waals surface area contributed by atoms with Crippen LogP contribution in [0.5, 0.6) is 0 Å². The van der Waals surface area contributed by atoms with Gasteiger partial charge in [0.15, 0.2) is 0 Å². The summed E-state index contributed by atoms with van der Waals surface area (Å²) in [6.45, 7) is 7.45. The molecule has 0 unspecified atom stereocenters. The summed E-state index contributed by atoms with van der Waals surface area (Å²) in [5, 5.41) is 5.55. The lowest BCUT2D eigenvalue weighted by molar-refractivity contribution is 0.0507. The van der Waals surface area contributed by atoms with Gasteiger partial charge in [-0.2, -0.15) is 0 Å². The van der Waals surface area contributed by atoms with Crippen molar-refractivity contribution in [3.63, 3.8) is 0 Å². The fraction of sp³-hybridized carbons (Fsp3) is 0.286. The number of urea groups is 1. The predicted octanol–water partition coefficient (Wildman–Crippen LogP) is 4.29. The van der Waals surface area contributed by atoms with Crippen LogP contribution in [0.1, 0.15) is 54.0 Å². The second-order valence-electron chi connectivity index (χ2n) is 7.47. The molecule has 6 heteroatoms. The SMILES string of the molecule is CCc1ccccc1NC(=O)Nc1ccc2c(c1)C(=O)N(C(C)(C)C)C2=O. The van der Waals surface area contributed by atoms with Crippen molar-refractivity contribution >= 4 is 29.2 Å². The van der Waals surface area contributed by atoms with Gasteiger partial charge in [0.05, 0.1) is 11.1 Å². The smallest absolute Gasteiger partial charge is 0.308 e. The molecule has 2 aromatic rings. The molecular weight excluding hydrogens is 342 g/mol. The van der Waals surface area contributed by atoms with Gasteiger partial charge in [-0.1, -0.05) is 25.1 Å². The lowest BCUT2D eigenvalue weighted by Crippen LogP contribution is -2.45. The quantitative estimate of drug-likeness (QED) is 0.797. The van der Waals surface area contributed by atoms with Gasteiger partial charge in [-0.25, -0.2) is 4.79 Å². The van der Waals surface area contributed by atoms with E-state index in [4.69, 9.17) is 0 Å². The number of fused-ring (bicyclic) bond motifs is 1. The van der Waals surface area contributed by atoms with Crippen LogP contribution in [-0.4, -0.2) is 28.3 Å². The summed E-state index contributed by atoms with van der Waals surface area (Å²) in [6, 6.07) is 11.9. The number of nitrogens with zero attached hydrogens (tertiary/aromatic N) is 1. The molecule has 4 amide bonds. The normalized spacial score (nSPS) is 13.6. The molecule has 0 spiro atoms. The van der Waals surface area contributed by atoms with E-state index in [1.54, 1.807) is 18.2 Å². The fourth-order valence-electron chi connectivity index (χ4n) is 3.16. The maximum absolute atomic E-state index is 12.6. The van der Waals surface area contributed by atoms with Crippen molar-refractivity contribution in [3.8, 4) is 0 Å². The lowest BCUT2D eigenvalue weighted by Gasteiger charge is -2.29. The molecule has 1 aliphatic heterocycles. The summed E-state index contributed by atoms with van der Waals surface area (Å²) in [7, 11) is 0. The zero-order chi connectivity index (χ0) is 19.8. The van der Waals surface area contributed by atoms with Crippen LogP contribution in [-0.2, 0) is 6.42 Å². The van der Waals surface area contributed by atoms with E-state index in [9.17, 15) is 14.4 Å². The Morgan fingerprint density at radius 1 is 0.963 bits per heavy atom. The highest BCUT2D eigenvalue weighted by Gasteiger charge is 2.41. The summed E-state index contributed by atoms with van der Waals surface area (Å²) < 4.78 is 0. The van der Waals surface area contributed by atoms with Gasteiger partial charge in [0.1, 0.15) is 0 Å². The summed E-state index contributed by atoms with van der Waals surface area (Å²) in [4.78, 5) is 38.7. The molecule has 1 heterocycles. The first kappa shape index (κ1) is 18.6. The number of carbonyl (C=O) groups excluding carboxylic acids is 3. The van der Waals surface area contributed by atoms with Crippen LogP contribution in [0, 0.1) is 0 Å².